The van der Waals surface area contributed by atoms with Gasteiger partial charge < -0.3 is 5.73 Å². The molecule has 2 N–H and O–H groups in total. The Hall–Kier alpha value is -1.65. The third-order valence-corrected chi connectivity index (χ3v) is 3.70. The highest BCUT2D eigenvalue weighted by Crippen LogP contribution is 2.17. The third-order valence-electron chi connectivity index (χ3n) is 2.83. The Morgan fingerprint density at radius 3 is 2.94 bits per heavy atom. The van der Waals surface area contributed by atoms with Crippen molar-refractivity contribution in [2.75, 3.05) is 0 Å². The standard InChI is InChI=1S/C13H13N3S/c14-8-10-3-1-4-11-9-15-13(16(10)11)7-12-5-2-6-17-12/h1-6,9H,7-8,14H2. The second kappa shape index (κ2) is 4.31. The lowest BCUT2D eigenvalue weighted by atomic mass is 10.3. The van der Waals surface area contributed by atoms with Crippen LogP contribution in [0.15, 0.2) is 41.9 Å². The van der Waals surface area contributed by atoms with Crippen molar-refractivity contribution in [2.45, 2.75) is 13.0 Å². The van der Waals surface area contributed by atoms with Gasteiger partial charge in [0.2, 0.25) is 0 Å². The van der Waals surface area contributed by atoms with E-state index in [1.54, 1.807) is 11.3 Å². The third kappa shape index (κ3) is 1.85. The molecule has 0 spiro atoms. The molecular weight excluding hydrogens is 230 g/mol. The number of rotatable bonds is 3. The fraction of sp³-hybridized carbons (Fsp3) is 0.154. The van der Waals surface area contributed by atoms with Gasteiger partial charge in [-0.2, -0.15) is 0 Å². The van der Waals surface area contributed by atoms with Crippen LogP contribution in [-0.2, 0) is 13.0 Å². The van der Waals surface area contributed by atoms with Crippen molar-refractivity contribution in [1.29, 1.82) is 0 Å². The van der Waals surface area contributed by atoms with Crippen molar-refractivity contribution in [2.24, 2.45) is 5.73 Å². The van der Waals surface area contributed by atoms with Crippen LogP contribution in [0.1, 0.15) is 16.4 Å². The maximum Gasteiger partial charge on any atom is 0.118 e. The molecule has 0 atom stereocenters. The lowest BCUT2D eigenvalue weighted by molar-refractivity contribution is 0.881. The van der Waals surface area contributed by atoms with E-state index in [4.69, 9.17) is 5.73 Å². The Morgan fingerprint density at radius 2 is 2.18 bits per heavy atom. The maximum absolute atomic E-state index is 5.77. The van der Waals surface area contributed by atoms with Gasteiger partial charge in [-0.05, 0) is 23.6 Å². The van der Waals surface area contributed by atoms with Crippen molar-refractivity contribution in [3.63, 3.8) is 0 Å². The van der Waals surface area contributed by atoms with Gasteiger partial charge in [-0.3, -0.25) is 4.40 Å². The highest BCUT2D eigenvalue weighted by molar-refractivity contribution is 7.09. The van der Waals surface area contributed by atoms with E-state index in [0.717, 1.165) is 23.5 Å². The molecule has 0 unspecified atom stereocenters. The van der Waals surface area contributed by atoms with Crippen LogP contribution in [0.3, 0.4) is 0 Å². The van der Waals surface area contributed by atoms with E-state index in [0.29, 0.717) is 6.54 Å². The molecule has 0 saturated carbocycles. The minimum Gasteiger partial charge on any atom is -0.325 e. The van der Waals surface area contributed by atoms with Crippen LogP contribution < -0.4 is 5.73 Å². The summed E-state index contributed by atoms with van der Waals surface area (Å²) in [5, 5.41) is 2.09. The lowest BCUT2D eigenvalue weighted by Gasteiger charge is -2.06. The Labute approximate surface area is 104 Å². The van der Waals surface area contributed by atoms with E-state index in [2.05, 4.69) is 33.0 Å². The smallest absolute Gasteiger partial charge is 0.118 e. The Balaban J connectivity index is 2.10. The van der Waals surface area contributed by atoms with Crippen molar-refractivity contribution >= 4 is 16.9 Å². The number of nitrogens with zero attached hydrogens (tertiary/aromatic N) is 2. The minimum absolute atomic E-state index is 0.533. The quantitative estimate of drug-likeness (QED) is 0.768. The van der Waals surface area contributed by atoms with Crippen LogP contribution in [0.2, 0.25) is 0 Å². The summed E-state index contributed by atoms with van der Waals surface area (Å²) < 4.78 is 2.15. The molecule has 0 radical (unpaired) electrons. The number of thiophene rings is 1. The van der Waals surface area contributed by atoms with Gasteiger partial charge in [0.15, 0.2) is 0 Å². The Bertz CT molecular complexity index is 625. The van der Waals surface area contributed by atoms with Gasteiger partial charge in [0, 0.05) is 23.5 Å². The first-order chi connectivity index (χ1) is 8.38. The number of aromatic nitrogens is 2. The van der Waals surface area contributed by atoms with Gasteiger partial charge >= 0.3 is 0 Å². The molecule has 0 aromatic carbocycles. The Morgan fingerprint density at radius 1 is 1.24 bits per heavy atom. The van der Waals surface area contributed by atoms with Gasteiger partial charge in [0.05, 0.1) is 11.7 Å². The van der Waals surface area contributed by atoms with Crippen LogP contribution in [0, 0.1) is 0 Å². The second-order valence-electron chi connectivity index (χ2n) is 3.91. The molecule has 0 saturated heterocycles. The van der Waals surface area contributed by atoms with Crippen molar-refractivity contribution < 1.29 is 0 Å². The lowest BCUT2D eigenvalue weighted by Crippen LogP contribution is -2.06. The summed E-state index contributed by atoms with van der Waals surface area (Å²) in [5.41, 5.74) is 7.99. The molecule has 0 aliphatic rings. The molecule has 0 amide bonds. The predicted octanol–water partition coefficient (Wildman–Crippen LogP) is 2.45. The van der Waals surface area contributed by atoms with E-state index in [-0.39, 0.29) is 0 Å². The van der Waals surface area contributed by atoms with E-state index in [1.165, 1.54) is 4.88 Å². The zero-order valence-corrected chi connectivity index (χ0v) is 10.2. The van der Waals surface area contributed by atoms with Crippen LogP contribution in [-0.4, -0.2) is 9.38 Å². The average molecular weight is 243 g/mol. The maximum atomic E-state index is 5.77. The van der Waals surface area contributed by atoms with Crippen LogP contribution >= 0.6 is 11.3 Å². The molecule has 0 bridgehead atoms. The number of fused-ring (bicyclic) bond motifs is 1. The highest BCUT2D eigenvalue weighted by Gasteiger charge is 2.07. The zero-order valence-electron chi connectivity index (χ0n) is 9.34. The zero-order chi connectivity index (χ0) is 11.7. The number of pyridine rings is 1. The summed E-state index contributed by atoms with van der Waals surface area (Å²) >= 11 is 1.76. The van der Waals surface area contributed by atoms with Gasteiger partial charge in [-0.25, -0.2) is 4.98 Å². The van der Waals surface area contributed by atoms with E-state index >= 15 is 0 Å². The van der Waals surface area contributed by atoms with E-state index < -0.39 is 0 Å². The van der Waals surface area contributed by atoms with Crippen LogP contribution in [0.5, 0.6) is 0 Å². The molecule has 0 aliphatic heterocycles. The molecule has 3 nitrogen and oxygen atoms in total. The average Bonchev–Trinajstić information content (AvgIpc) is 2.99. The van der Waals surface area contributed by atoms with E-state index in [9.17, 15) is 0 Å². The summed E-state index contributed by atoms with van der Waals surface area (Å²) in [6.07, 6.45) is 2.77. The summed E-state index contributed by atoms with van der Waals surface area (Å²) in [7, 11) is 0. The van der Waals surface area contributed by atoms with Crippen molar-refractivity contribution in [1.82, 2.24) is 9.38 Å². The fourth-order valence-electron chi connectivity index (χ4n) is 2.04. The number of hydrogen-bond acceptors (Lipinski definition) is 3. The Kier molecular flexibility index (Phi) is 2.66. The first-order valence-corrected chi connectivity index (χ1v) is 6.43. The molecule has 86 valence electrons. The first kappa shape index (κ1) is 10.5. The molecule has 0 aliphatic carbocycles. The minimum atomic E-state index is 0.533. The summed E-state index contributed by atoms with van der Waals surface area (Å²) in [6, 6.07) is 10.3. The van der Waals surface area contributed by atoms with E-state index in [1.807, 2.05) is 18.3 Å². The molecule has 3 heterocycles. The molecule has 3 rings (SSSR count). The predicted molar refractivity (Wildman–Crippen MR) is 70.2 cm³/mol. The van der Waals surface area contributed by atoms with Crippen LogP contribution in [0.4, 0.5) is 0 Å². The number of nitrogens with two attached hydrogens (primary N) is 1. The van der Waals surface area contributed by atoms with Gasteiger partial charge in [-0.1, -0.05) is 12.1 Å². The molecule has 0 fully saturated rings. The topological polar surface area (TPSA) is 43.3 Å². The summed E-state index contributed by atoms with van der Waals surface area (Å²) in [6.45, 7) is 0.533. The van der Waals surface area contributed by atoms with Crippen molar-refractivity contribution in [3.8, 4) is 0 Å². The second-order valence-corrected chi connectivity index (χ2v) is 4.94. The van der Waals surface area contributed by atoms with Gasteiger partial charge in [0.1, 0.15) is 5.82 Å². The summed E-state index contributed by atoms with van der Waals surface area (Å²) in [5.74, 6) is 1.06. The molecular formula is C13H13N3S. The molecule has 17 heavy (non-hydrogen) atoms. The molecule has 3 aromatic heterocycles. The largest absolute Gasteiger partial charge is 0.325 e. The molecule has 4 heteroatoms. The summed E-state index contributed by atoms with van der Waals surface area (Å²) in [4.78, 5) is 5.82. The van der Waals surface area contributed by atoms with Crippen LogP contribution in [0.25, 0.3) is 5.52 Å². The number of hydrogen-bond donors (Lipinski definition) is 1. The first-order valence-electron chi connectivity index (χ1n) is 5.55. The number of imidazole rings is 1. The SMILES string of the molecule is NCc1cccc2cnc(Cc3cccs3)n12. The van der Waals surface area contributed by atoms with Crippen molar-refractivity contribution in [3.05, 3.63) is 58.3 Å². The highest BCUT2D eigenvalue weighted by atomic mass is 32.1. The normalized spacial score (nSPS) is 11.1. The van der Waals surface area contributed by atoms with Gasteiger partial charge in [-0.15, -0.1) is 11.3 Å². The monoisotopic (exact) mass is 243 g/mol. The molecule has 3 aromatic rings. The van der Waals surface area contributed by atoms with Gasteiger partial charge in [0.25, 0.3) is 0 Å². The fourth-order valence-corrected chi connectivity index (χ4v) is 2.74.